The molecule has 0 saturated carbocycles. The van der Waals surface area contributed by atoms with Crippen LogP contribution in [0.5, 0.6) is 0 Å². The first kappa shape index (κ1) is 20.9. The summed E-state index contributed by atoms with van der Waals surface area (Å²) in [4.78, 5) is 12.8. The number of benzene rings is 2. The van der Waals surface area contributed by atoms with Crippen LogP contribution in [0.25, 0.3) is 11.4 Å². The van der Waals surface area contributed by atoms with Crippen LogP contribution in [0.4, 0.5) is 0 Å². The largest absolute Gasteiger partial charge is 0.383 e. The predicted octanol–water partition coefficient (Wildman–Crippen LogP) is 5.26. The summed E-state index contributed by atoms with van der Waals surface area (Å²) in [7, 11) is 1.64. The number of hydrogen-bond acceptors (Lipinski definition) is 5. The quantitative estimate of drug-likeness (QED) is 0.356. The second-order valence-electron chi connectivity index (χ2n) is 6.09. The molecule has 0 aliphatic carbocycles. The standard InChI is InChI=1S/C20H19Cl2N3O2S/c1-13(18(26)15-4-3-5-17(22)12-15)28-20-24-23-19(25(20)10-11-27-2)14-6-8-16(21)9-7-14/h3-9,12-13H,10-11H2,1-2H3. The Morgan fingerprint density at radius 2 is 1.89 bits per heavy atom. The minimum Gasteiger partial charge on any atom is -0.383 e. The number of nitrogens with zero attached hydrogens (tertiary/aromatic N) is 3. The van der Waals surface area contributed by atoms with Gasteiger partial charge >= 0.3 is 0 Å². The zero-order valence-corrected chi connectivity index (χ0v) is 17.8. The van der Waals surface area contributed by atoms with Gasteiger partial charge < -0.3 is 4.74 Å². The number of aromatic nitrogens is 3. The summed E-state index contributed by atoms with van der Waals surface area (Å²) in [6.45, 7) is 2.93. The molecule has 0 radical (unpaired) electrons. The van der Waals surface area contributed by atoms with Crippen LogP contribution in [0.15, 0.2) is 53.7 Å². The van der Waals surface area contributed by atoms with E-state index in [2.05, 4.69) is 10.2 Å². The summed E-state index contributed by atoms with van der Waals surface area (Å²) in [5, 5.41) is 10.1. The fourth-order valence-corrected chi connectivity index (χ4v) is 3.93. The highest BCUT2D eigenvalue weighted by Crippen LogP contribution is 2.29. The van der Waals surface area contributed by atoms with E-state index < -0.39 is 0 Å². The number of carbonyl (C=O) groups is 1. The Bertz CT molecular complexity index is 960. The van der Waals surface area contributed by atoms with Gasteiger partial charge in [-0.05, 0) is 43.3 Å². The van der Waals surface area contributed by atoms with Crippen molar-refractivity contribution in [3.05, 3.63) is 64.1 Å². The summed E-state index contributed by atoms with van der Waals surface area (Å²) in [6.07, 6.45) is 0. The first-order valence-corrected chi connectivity index (χ1v) is 10.3. The number of thioether (sulfide) groups is 1. The van der Waals surface area contributed by atoms with Gasteiger partial charge in [0.2, 0.25) is 0 Å². The van der Waals surface area contributed by atoms with Crippen LogP contribution >= 0.6 is 35.0 Å². The molecular weight excluding hydrogens is 417 g/mol. The number of ether oxygens (including phenoxy) is 1. The molecule has 0 aliphatic heterocycles. The zero-order chi connectivity index (χ0) is 20.1. The normalized spacial score (nSPS) is 12.1. The van der Waals surface area contributed by atoms with E-state index in [1.165, 1.54) is 11.8 Å². The maximum atomic E-state index is 12.8. The monoisotopic (exact) mass is 435 g/mol. The number of halogens is 2. The maximum Gasteiger partial charge on any atom is 0.192 e. The number of Topliss-reactive ketones (excluding diaryl/α,β-unsaturated/α-hetero) is 1. The molecule has 0 bridgehead atoms. The van der Waals surface area contributed by atoms with Gasteiger partial charge in [0, 0.05) is 28.3 Å². The van der Waals surface area contributed by atoms with E-state index in [1.807, 2.05) is 35.8 Å². The van der Waals surface area contributed by atoms with Crippen LogP contribution in [-0.4, -0.2) is 39.5 Å². The molecule has 8 heteroatoms. The summed E-state index contributed by atoms with van der Waals surface area (Å²) in [5.41, 5.74) is 1.47. The third-order valence-corrected chi connectivity index (χ3v) is 5.67. The molecule has 0 fully saturated rings. The Morgan fingerprint density at radius 1 is 1.14 bits per heavy atom. The van der Waals surface area contributed by atoms with Crippen LogP contribution in [0.1, 0.15) is 17.3 Å². The molecule has 5 nitrogen and oxygen atoms in total. The van der Waals surface area contributed by atoms with E-state index in [0.717, 1.165) is 5.56 Å². The lowest BCUT2D eigenvalue weighted by Gasteiger charge is -2.13. The molecule has 1 aromatic heterocycles. The number of rotatable bonds is 8. The van der Waals surface area contributed by atoms with Crippen LogP contribution in [0, 0.1) is 0 Å². The van der Waals surface area contributed by atoms with E-state index in [0.29, 0.717) is 39.7 Å². The van der Waals surface area contributed by atoms with Crippen LogP contribution in [0.2, 0.25) is 10.0 Å². The molecule has 3 aromatic rings. The minimum atomic E-state index is -0.345. The SMILES string of the molecule is COCCn1c(SC(C)C(=O)c2cccc(Cl)c2)nnc1-c1ccc(Cl)cc1. The average molecular weight is 436 g/mol. The molecule has 0 saturated heterocycles. The van der Waals surface area contributed by atoms with E-state index in [4.69, 9.17) is 27.9 Å². The second-order valence-corrected chi connectivity index (χ2v) is 8.27. The Balaban J connectivity index is 1.86. The smallest absolute Gasteiger partial charge is 0.192 e. The number of methoxy groups -OCH3 is 1. The van der Waals surface area contributed by atoms with Crippen molar-refractivity contribution in [3.63, 3.8) is 0 Å². The zero-order valence-electron chi connectivity index (χ0n) is 15.4. The van der Waals surface area contributed by atoms with Crippen molar-refractivity contribution in [1.82, 2.24) is 14.8 Å². The first-order chi connectivity index (χ1) is 13.5. The Hall–Kier alpha value is -1.86. The minimum absolute atomic E-state index is 0.0122. The van der Waals surface area contributed by atoms with Gasteiger partial charge in [-0.2, -0.15) is 0 Å². The van der Waals surface area contributed by atoms with Crippen molar-refractivity contribution >= 4 is 40.7 Å². The topological polar surface area (TPSA) is 57.0 Å². The van der Waals surface area contributed by atoms with Gasteiger partial charge in [-0.15, -0.1) is 10.2 Å². The molecule has 0 amide bonds. The van der Waals surface area contributed by atoms with Gasteiger partial charge in [-0.25, -0.2) is 0 Å². The second kappa shape index (κ2) is 9.56. The van der Waals surface area contributed by atoms with E-state index >= 15 is 0 Å². The highest BCUT2D eigenvalue weighted by molar-refractivity contribution is 8.00. The molecule has 1 heterocycles. The Morgan fingerprint density at radius 3 is 2.57 bits per heavy atom. The molecule has 1 unspecified atom stereocenters. The summed E-state index contributed by atoms with van der Waals surface area (Å²) < 4.78 is 7.18. The molecular formula is C20H19Cl2N3O2S. The number of carbonyl (C=O) groups excluding carboxylic acids is 1. The molecule has 0 aliphatic rings. The van der Waals surface area contributed by atoms with E-state index in [-0.39, 0.29) is 11.0 Å². The lowest BCUT2D eigenvalue weighted by atomic mass is 10.1. The lowest BCUT2D eigenvalue weighted by Crippen LogP contribution is -2.15. The highest BCUT2D eigenvalue weighted by Gasteiger charge is 2.22. The van der Waals surface area contributed by atoms with Crippen molar-refractivity contribution in [2.75, 3.05) is 13.7 Å². The fourth-order valence-electron chi connectivity index (χ4n) is 2.66. The lowest BCUT2D eigenvalue weighted by molar-refractivity contribution is 0.0994. The van der Waals surface area contributed by atoms with Crippen LogP contribution in [0.3, 0.4) is 0 Å². The average Bonchev–Trinajstić information content (AvgIpc) is 3.08. The predicted molar refractivity (Wildman–Crippen MR) is 113 cm³/mol. The first-order valence-electron chi connectivity index (χ1n) is 8.64. The summed E-state index contributed by atoms with van der Waals surface area (Å²) >= 11 is 13.4. The third kappa shape index (κ3) is 4.94. The van der Waals surface area contributed by atoms with Crippen LogP contribution < -0.4 is 0 Å². The molecule has 28 heavy (non-hydrogen) atoms. The van der Waals surface area contributed by atoms with Crippen molar-refractivity contribution < 1.29 is 9.53 Å². The molecule has 0 N–H and O–H groups in total. The molecule has 1 atom stereocenters. The summed E-state index contributed by atoms with van der Waals surface area (Å²) in [6, 6.07) is 14.4. The van der Waals surface area contributed by atoms with Gasteiger partial charge in [-0.3, -0.25) is 9.36 Å². The van der Waals surface area contributed by atoms with Gasteiger partial charge in [0.05, 0.1) is 18.4 Å². The molecule has 0 spiro atoms. The number of ketones is 1. The molecule has 3 rings (SSSR count). The molecule has 2 aromatic carbocycles. The van der Waals surface area contributed by atoms with Gasteiger partial charge in [-0.1, -0.05) is 47.1 Å². The van der Waals surface area contributed by atoms with Crippen molar-refractivity contribution in [2.45, 2.75) is 23.9 Å². The Kier molecular flexibility index (Phi) is 7.13. The van der Waals surface area contributed by atoms with Gasteiger partial charge in [0.25, 0.3) is 0 Å². The van der Waals surface area contributed by atoms with Gasteiger partial charge in [0.15, 0.2) is 16.8 Å². The van der Waals surface area contributed by atoms with Crippen molar-refractivity contribution in [1.29, 1.82) is 0 Å². The van der Waals surface area contributed by atoms with E-state index in [9.17, 15) is 4.79 Å². The van der Waals surface area contributed by atoms with E-state index in [1.54, 1.807) is 31.4 Å². The third-order valence-electron chi connectivity index (χ3n) is 4.10. The van der Waals surface area contributed by atoms with Crippen molar-refractivity contribution in [2.24, 2.45) is 0 Å². The maximum absolute atomic E-state index is 12.8. The Labute approximate surface area is 178 Å². The summed E-state index contributed by atoms with van der Waals surface area (Å²) in [5.74, 6) is 0.695. The van der Waals surface area contributed by atoms with Crippen molar-refractivity contribution in [3.8, 4) is 11.4 Å². The highest BCUT2D eigenvalue weighted by atomic mass is 35.5. The van der Waals surface area contributed by atoms with Gasteiger partial charge in [0.1, 0.15) is 0 Å². The number of hydrogen-bond donors (Lipinski definition) is 0. The fraction of sp³-hybridized carbons (Fsp3) is 0.250. The van der Waals surface area contributed by atoms with Crippen LogP contribution in [-0.2, 0) is 11.3 Å². The molecule has 146 valence electrons.